The van der Waals surface area contributed by atoms with Gasteiger partial charge < -0.3 is 15.2 Å². The Morgan fingerprint density at radius 1 is 1.15 bits per heavy atom. The summed E-state index contributed by atoms with van der Waals surface area (Å²) in [5.74, 6) is 0.826. The highest BCUT2D eigenvalue weighted by atomic mass is 16.5. The van der Waals surface area contributed by atoms with Crippen molar-refractivity contribution in [3.8, 4) is 5.75 Å². The first kappa shape index (κ1) is 16.9. The van der Waals surface area contributed by atoms with Gasteiger partial charge in [-0.1, -0.05) is 6.42 Å². The fraction of sp³-hybridized carbons (Fsp3) is 0.688. The lowest BCUT2D eigenvalue weighted by molar-refractivity contribution is 0.273. The van der Waals surface area contributed by atoms with Crippen LogP contribution in [-0.4, -0.2) is 28.8 Å². The normalized spacial score (nSPS) is 11.6. The number of hydrogen-bond acceptors (Lipinski definition) is 4. The molecule has 1 rings (SSSR count). The second-order valence-electron chi connectivity index (χ2n) is 6.08. The van der Waals surface area contributed by atoms with Gasteiger partial charge in [0.25, 0.3) is 0 Å². The highest BCUT2D eigenvalue weighted by molar-refractivity contribution is 5.19. The Bertz CT molecular complexity index is 358. The van der Waals surface area contributed by atoms with E-state index in [4.69, 9.17) is 9.84 Å². The van der Waals surface area contributed by atoms with Crippen molar-refractivity contribution in [3.05, 3.63) is 24.0 Å². The topological polar surface area (TPSA) is 54.4 Å². The largest absolute Gasteiger partial charge is 0.492 e. The third-order valence-corrected chi connectivity index (χ3v) is 2.92. The van der Waals surface area contributed by atoms with Crippen LogP contribution in [0.3, 0.4) is 0 Å². The summed E-state index contributed by atoms with van der Waals surface area (Å²) in [5, 5.41) is 12.1. The van der Waals surface area contributed by atoms with Crippen LogP contribution in [0.4, 0.5) is 0 Å². The Balaban J connectivity index is 2.21. The van der Waals surface area contributed by atoms with Crippen molar-refractivity contribution in [3.63, 3.8) is 0 Å². The van der Waals surface area contributed by atoms with E-state index in [9.17, 15) is 0 Å². The Morgan fingerprint density at radius 2 is 1.90 bits per heavy atom. The lowest BCUT2D eigenvalue weighted by Crippen LogP contribution is -2.35. The molecular weight excluding hydrogens is 252 g/mol. The minimum Gasteiger partial charge on any atom is -0.492 e. The van der Waals surface area contributed by atoms with Crippen molar-refractivity contribution in [1.82, 2.24) is 10.3 Å². The van der Waals surface area contributed by atoms with Gasteiger partial charge in [0.15, 0.2) is 0 Å². The van der Waals surface area contributed by atoms with Gasteiger partial charge in [-0.3, -0.25) is 4.98 Å². The molecule has 4 nitrogen and oxygen atoms in total. The predicted octanol–water partition coefficient (Wildman–Crippen LogP) is 2.90. The van der Waals surface area contributed by atoms with E-state index in [1.807, 2.05) is 12.1 Å². The van der Waals surface area contributed by atoms with Crippen LogP contribution in [0.2, 0.25) is 0 Å². The van der Waals surface area contributed by atoms with Crippen molar-refractivity contribution >= 4 is 0 Å². The van der Waals surface area contributed by atoms with Crippen molar-refractivity contribution < 1.29 is 9.84 Å². The molecule has 0 atom stereocenters. The molecule has 4 heteroatoms. The SMILES string of the molecule is CC(C)(C)NCc1ccc(OCCCCCCO)cn1. The summed E-state index contributed by atoms with van der Waals surface area (Å²) in [7, 11) is 0. The first-order valence-corrected chi connectivity index (χ1v) is 7.45. The molecule has 0 aliphatic heterocycles. The minimum absolute atomic E-state index is 0.103. The third-order valence-electron chi connectivity index (χ3n) is 2.92. The highest BCUT2D eigenvalue weighted by Crippen LogP contribution is 2.11. The van der Waals surface area contributed by atoms with Crippen molar-refractivity contribution in [2.45, 2.75) is 58.5 Å². The van der Waals surface area contributed by atoms with Gasteiger partial charge in [-0.25, -0.2) is 0 Å². The number of nitrogens with one attached hydrogen (secondary N) is 1. The smallest absolute Gasteiger partial charge is 0.137 e. The van der Waals surface area contributed by atoms with E-state index in [-0.39, 0.29) is 12.1 Å². The van der Waals surface area contributed by atoms with Gasteiger partial charge in [0, 0.05) is 18.7 Å². The average Bonchev–Trinajstić information content (AvgIpc) is 2.41. The molecule has 2 N–H and O–H groups in total. The fourth-order valence-electron chi connectivity index (χ4n) is 1.71. The zero-order valence-corrected chi connectivity index (χ0v) is 13.0. The molecule has 0 bridgehead atoms. The van der Waals surface area contributed by atoms with Crippen LogP contribution >= 0.6 is 0 Å². The van der Waals surface area contributed by atoms with Crippen LogP contribution in [0.25, 0.3) is 0 Å². The number of aliphatic hydroxyl groups excluding tert-OH is 1. The van der Waals surface area contributed by atoms with E-state index in [0.717, 1.165) is 43.7 Å². The molecular formula is C16H28N2O2. The summed E-state index contributed by atoms with van der Waals surface area (Å²) in [5.41, 5.74) is 1.13. The number of aliphatic hydroxyl groups is 1. The minimum atomic E-state index is 0.103. The summed E-state index contributed by atoms with van der Waals surface area (Å²) >= 11 is 0. The molecule has 0 saturated heterocycles. The quantitative estimate of drug-likeness (QED) is 0.683. The highest BCUT2D eigenvalue weighted by Gasteiger charge is 2.08. The molecule has 1 aromatic heterocycles. The maximum atomic E-state index is 8.68. The Kier molecular flexibility index (Phi) is 7.55. The van der Waals surface area contributed by atoms with Crippen molar-refractivity contribution in [2.24, 2.45) is 0 Å². The fourth-order valence-corrected chi connectivity index (χ4v) is 1.71. The number of ether oxygens (including phenoxy) is 1. The molecule has 114 valence electrons. The summed E-state index contributed by atoms with van der Waals surface area (Å²) < 4.78 is 5.64. The lowest BCUT2D eigenvalue weighted by Gasteiger charge is -2.20. The van der Waals surface area contributed by atoms with Gasteiger partial charge in [-0.2, -0.15) is 0 Å². The van der Waals surface area contributed by atoms with E-state index in [0.29, 0.717) is 6.61 Å². The number of pyridine rings is 1. The van der Waals surface area contributed by atoms with Crippen LogP contribution in [0.15, 0.2) is 18.3 Å². The van der Waals surface area contributed by atoms with Gasteiger partial charge in [-0.15, -0.1) is 0 Å². The first-order chi connectivity index (χ1) is 9.51. The molecule has 0 aliphatic carbocycles. The average molecular weight is 280 g/mol. The Morgan fingerprint density at radius 3 is 2.50 bits per heavy atom. The molecule has 0 aromatic carbocycles. The summed E-state index contributed by atoms with van der Waals surface area (Å²) in [6.45, 7) is 8.19. The van der Waals surface area contributed by atoms with E-state index in [2.05, 4.69) is 31.1 Å². The van der Waals surface area contributed by atoms with Gasteiger partial charge in [0.05, 0.1) is 18.5 Å². The molecule has 1 heterocycles. The van der Waals surface area contributed by atoms with E-state index in [1.54, 1.807) is 6.20 Å². The van der Waals surface area contributed by atoms with Gasteiger partial charge in [0.2, 0.25) is 0 Å². The standard InChI is InChI=1S/C16H28N2O2/c1-16(2,3)18-12-14-8-9-15(13-17-14)20-11-7-5-4-6-10-19/h8-9,13,18-19H,4-7,10-12H2,1-3H3. The van der Waals surface area contributed by atoms with Crippen LogP contribution < -0.4 is 10.1 Å². The number of hydrogen-bond donors (Lipinski definition) is 2. The number of unbranched alkanes of at least 4 members (excludes halogenated alkanes) is 3. The molecule has 0 spiro atoms. The second kappa shape index (κ2) is 8.93. The van der Waals surface area contributed by atoms with E-state index < -0.39 is 0 Å². The first-order valence-electron chi connectivity index (χ1n) is 7.45. The molecule has 0 radical (unpaired) electrons. The molecule has 0 aliphatic rings. The third kappa shape index (κ3) is 8.12. The number of aromatic nitrogens is 1. The predicted molar refractivity (Wildman–Crippen MR) is 81.9 cm³/mol. The molecule has 0 fully saturated rings. The monoisotopic (exact) mass is 280 g/mol. The maximum Gasteiger partial charge on any atom is 0.137 e. The van der Waals surface area contributed by atoms with Crippen LogP contribution in [-0.2, 0) is 6.54 Å². The lowest BCUT2D eigenvalue weighted by atomic mass is 10.1. The summed E-state index contributed by atoms with van der Waals surface area (Å²) in [6.07, 6.45) is 5.86. The van der Waals surface area contributed by atoms with E-state index in [1.165, 1.54) is 0 Å². The van der Waals surface area contributed by atoms with Gasteiger partial charge in [-0.05, 0) is 52.2 Å². The zero-order valence-electron chi connectivity index (χ0n) is 13.0. The molecule has 1 aromatic rings. The Hall–Kier alpha value is -1.13. The maximum absolute atomic E-state index is 8.68. The molecule has 0 unspecified atom stereocenters. The zero-order chi connectivity index (χ0) is 14.8. The summed E-state index contributed by atoms with van der Waals surface area (Å²) in [6, 6.07) is 3.97. The van der Waals surface area contributed by atoms with E-state index >= 15 is 0 Å². The summed E-state index contributed by atoms with van der Waals surface area (Å²) in [4.78, 5) is 4.39. The van der Waals surface area contributed by atoms with Crippen LogP contribution in [0, 0.1) is 0 Å². The van der Waals surface area contributed by atoms with Gasteiger partial charge in [0.1, 0.15) is 5.75 Å². The number of rotatable bonds is 9. The molecule has 0 saturated carbocycles. The Labute approximate surface area is 122 Å². The van der Waals surface area contributed by atoms with Crippen molar-refractivity contribution in [1.29, 1.82) is 0 Å². The van der Waals surface area contributed by atoms with Crippen LogP contribution in [0.1, 0.15) is 52.1 Å². The van der Waals surface area contributed by atoms with Crippen LogP contribution in [0.5, 0.6) is 5.75 Å². The second-order valence-corrected chi connectivity index (χ2v) is 6.08. The number of nitrogens with zero attached hydrogens (tertiary/aromatic N) is 1. The van der Waals surface area contributed by atoms with Crippen molar-refractivity contribution in [2.75, 3.05) is 13.2 Å². The molecule has 0 amide bonds. The van der Waals surface area contributed by atoms with Gasteiger partial charge >= 0.3 is 0 Å². The molecule has 20 heavy (non-hydrogen) atoms.